The van der Waals surface area contributed by atoms with Crippen LogP contribution in [0.5, 0.6) is 0 Å². The highest BCUT2D eigenvalue weighted by atomic mass is 16.2. The standard InChI is InChI=1S/C7H19B3N2O/c1-6(2,3)4-5(13)12(11)7(8,9)10/h4,8-11H2,1-3H3. The maximum Gasteiger partial charge on any atom is 0.235 e. The predicted molar refractivity (Wildman–Crippen MR) is 63.5 cm³/mol. The van der Waals surface area contributed by atoms with Crippen LogP contribution in [0, 0.1) is 5.41 Å². The Morgan fingerprint density at radius 3 is 1.92 bits per heavy atom. The fourth-order valence-corrected chi connectivity index (χ4v) is 0.913. The highest BCUT2D eigenvalue weighted by Gasteiger charge is 2.26. The Bertz CT molecular complexity index is 195. The van der Waals surface area contributed by atoms with E-state index >= 15 is 0 Å². The van der Waals surface area contributed by atoms with Crippen LogP contribution >= 0.6 is 0 Å². The molecular formula is C7H19B3N2O. The zero-order chi connectivity index (χ0) is 10.9. The molecule has 0 aromatic carbocycles. The molecule has 0 radical (unpaired) electrons. The van der Waals surface area contributed by atoms with Crippen LogP contribution in [0.4, 0.5) is 0 Å². The van der Waals surface area contributed by atoms with Crippen LogP contribution in [0.1, 0.15) is 27.2 Å². The smallest absolute Gasteiger partial charge is 0.235 e. The van der Waals surface area contributed by atoms with Gasteiger partial charge in [-0.25, -0.2) is 5.84 Å². The van der Waals surface area contributed by atoms with Crippen LogP contribution in [-0.2, 0) is 4.79 Å². The SMILES string of the molecule is BC(B)(B)N(N)C(=O)CC(C)(C)C. The van der Waals surface area contributed by atoms with Crippen molar-refractivity contribution < 1.29 is 4.79 Å². The second-order valence-electron chi connectivity index (χ2n) is 5.67. The number of carbonyl (C=O) groups is 1. The molecule has 0 aliphatic carbocycles. The Balaban J connectivity index is 4.30. The van der Waals surface area contributed by atoms with Crippen molar-refractivity contribution in [2.75, 3.05) is 0 Å². The molecule has 0 fully saturated rings. The van der Waals surface area contributed by atoms with Gasteiger partial charge in [-0.05, 0) is 10.7 Å². The van der Waals surface area contributed by atoms with Crippen LogP contribution < -0.4 is 5.84 Å². The van der Waals surface area contributed by atoms with Crippen molar-refractivity contribution in [1.29, 1.82) is 0 Å². The molecule has 0 unspecified atom stereocenters. The van der Waals surface area contributed by atoms with Gasteiger partial charge in [0.1, 0.15) is 23.5 Å². The minimum absolute atomic E-state index is 0.000000000000000444. The monoisotopic (exact) mass is 180 g/mol. The van der Waals surface area contributed by atoms with Gasteiger partial charge in [-0.15, -0.1) is 0 Å². The number of hydrazine groups is 1. The van der Waals surface area contributed by atoms with Gasteiger partial charge in [0.05, 0.1) is 0 Å². The molecule has 0 spiro atoms. The van der Waals surface area contributed by atoms with E-state index in [-0.39, 0.29) is 16.6 Å². The van der Waals surface area contributed by atoms with Crippen molar-refractivity contribution in [1.82, 2.24) is 5.01 Å². The molecule has 0 aromatic heterocycles. The number of amides is 1. The van der Waals surface area contributed by atoms with Gasteiger partial charge >= 0.3 is 0 Å². The van der Waals surface area contributed by atoms with E-state index in [0.717, 1.165) is 0 Å². The summed E-state index contributed by atoms with van der Waals surface area (Å²) < 4.78 is 0. The van der Waals surface area contributed by atoms with Crippen LogP contribution in [-0.4, -0.2) is 39.7 Å². The first kappa shape index (κ1) is 12.6. The number of nitrogens with zero attached hydrogens (tertiary/aromatic N) is 1. The fraction of sp³-hybridized carbons (Fsp3) is 0.857. The molecule has 2 N–H and O–H groups in total. The van der Waals surface area contributed by atoms with Crippen LogP contribution in [0.25, 0.3) is 0 Å². The third-order valence-corrected chi connectivity index (χ3v) is 1.67. The van der Waals surface area contributed by atoms with Gasteiger partial charge in [-0.2, -0.15) is 0 Å². The molecular weight excluding hydrogens is 161 g/mol. The first-order valence-corrected chi connectivity index (χ1v) is 4.62. The summed E-state index contributed by atoms with van der Waals surface area (Å²) in [7, 11) is 5.77. The molecule has 0 atom stereocenters. The summed E-state index contributed by atoms with van der Waals surface area (Å²) in [6.07, 6.45) is 0.487. The van der Waals surface area contributed by atoms with Gasteiger partial charge in [0.15, 0.2) is 0 Å². The number of hydrogen-bond acceptors (Lipinski definition) is 2. The lowest BCUT2D eigenvalue weighted by atomic mass is 9.49. The Morgan fingerprint density at radius 2 is 1.69 bits per heavy atom. The van der Waals surface area contributed by atoms with E-state index in [4.69, 9.17) is 5.84 Å². The van der Waals surface area contributed by atoms with Gasteiger partial charge in [0.2, 0.25) is 5.91 Å². The van der Waals surface area contributed by atoms with E-state index in [1.165, 1.54) is 5.01 Å². The van der Waals surface area contributed by atoms with Crippen molar-refractivity contribution in [3.8, 4) is 0 Å². The molecule has 0 saturated heterocycles. The number of rotatable bonds is 2. The van der Waals surface area contributed by atoms with Gasteiger partial charge in [0, 0.05) is 6.42 Å². The minimum Gasteiger partial charge on any atom is -0.299 e. The summed E-state index contributed by atoms with van der Waals surface area (Å²) in [5, 5.41) is 1.03. The summed E-state index contributed by atoms with van der Waals surface area (Å²) in [6.45, 7) is 6.09. The van der Waals surface area contributed by atoms with Crippen molar-refractivity contribution in [3.05, 3.63) is 0 Å². The molecule has 0 aromatic rings. The highest BCUT2D eigenvalue weighted by Crippen LogP contribution is 2.19. The summed E-state index contributed by atoms with van der Waals surface area (Å²) in [4.78, 5) is 11.6. The lowest BCUT2D eigenvalue weighted by Crippen LogP contribution is -2.58. The average Bonchev–Trinajstić information content (AvgIpc) is 1.79. The van der Waals surface area contributed by atoms with Gasteiger partial charge in [-0.1, -0.05) is 20.8 Å². The third kappa shape index (κ3) is 5.03. The molecule has 72 valence electrons. The maximum atomic E-state index is 11.6. The molecule has 6 heteroatoms. The van der Waals surface area contributed by atoms with Crippen molar-refractivity contribution in [3.63, 3.8) is 0 Å². The number of hydrogen-bond donors (Lipinski definition) is 1. The van der Waals surface area contributed by atoms with Crippen molar-refractivity contribution in [2.45, 2.75) is 32.4 Å². The minimum atomic E-state index is -0.289. The molecule has 1 amide bonds. The maximum absolute atomic E-state index is 11.6. The summed E-state index contributed by atoms with van der Waals surface area (Å²) in [6, 6.07) is 0. The van der Waals surface area contributed by atoms with E-state index in [0.29, 0.717) is 6.42 Å². The van der Waals surface area contributed by atoms with Crippen molar-refractivity contribution >= 4 is 29.4 Å². The quantitative estimate of drug-likeness (QED) is 0.223. The summed E-state index contributed by atoms with van der Waals surface area (Å²) in [5.74, 6) is 5.69. The summed E-state index contributed by atoms with van der Waals surface area (Å²) in [5.41, 5.74) is -0.0000463. The van der Waals surface area contributed by atoms with E-state index in [2.05, 4.69) is 0 Å². The zero-order valence-corrected chi connectivity index (χ0v) is 9.64. The molecule has 0 saturated carbocycles. The molecule has 3 nitrogen and oxygen atoms in total. The van der Waals surface area contributed by atoms with Gasteiger partial charge in [-0.3, -0.25) is 9.80 Å². The van der Waals surface area contributed by atoms with Crippen LogP contribution in [0.2, 0.25) is 0 Å². The van der Waals surface area contributed by atoms with Crippen molar-refractivity contribution in [2.24, 2.45) is 11.3 Å². The molecule has 0 bridgehead atoms. The Kier molecular flexibility index (Phi) is 3.67. The molecule has 0 aliphatic heterocycles. The molecule has 13 heavy (non-hydrogen) atoms. The summed E-state index contributed by atoms with van der Waals surface area (Å²) >= 11 is 0. The number of carbonyl (C=O) groups excluding carboxylic acids is 1. The highest BCUT2D eigenvalue weighted by molar-refractivity contribution is 6.59. The van der Waals surface area contributed by atoms with E-state index in [9.17, 15) is 4.79 Å². The molecule has 0 heterocycles. The van der Waals surface area contributed by atoms with E-state index < -0.39 is 0 Å². The first-order chi connectivity index (χ1) is 5.54. The Labute approximate surface area is 83.6 Å². The lowest BCUT2D eigenvalue weighted by Gasteiger charge is -2.33. The molecule has 0 aliphatic rings. The van der Waals surface area contributed by atoms with Crippen LogP contribution in [0.15, 0.2) is 0 Å². The largest absolute Gasteiger partial charge is 0.299 e. The zero-order valence-electron chi connectivity index (χ0n) is 9.64. The second kappa shape index (κ2) is 3.78. The Morgan fingerprint density at radius 1 is 1.31 bits per heavy atom. The first-order valence-electron chi connectivity index (χ1n) is 4.62. The average molecular weight is 180 g/mol. The van der Waals surface area contributed by atoms with E-state index in [1.54, 1.807) is 0 Å². The predicted octanol–water partition coefficient (Wildman–Crippen LogP) is -2.36. The van der Waals surface area contributed by atoms with Gasteiger partial charge in [0.25, 0.3) is 0 Å². The lowest BCUT2D eigenvalue weighted by molar-refractivity contribution is -0.133. The second-order valence-corrected chi connectivity index (χ2v) is 5.67. The van der Waals surface area contributed by atoms with Gasteiger partial charge < -0.3 is 0 Å². The third-order valence-electron chi connectivity index (χ3n) is 1.67. The Hall–Kier alpha value is -0.375. The van der Waals surface area contributed by atoms with Crippen LogP contribution in [0.3, 0.4) is 0 Å². The molecule has 0 rings (SSSR count). The topological polar surface area (TPSA) is 46.3 Å². The fourth-order valence-electron chi connectivity index (χ4n) is 0.913. The number of nitrogens with two attached hydrogens (primary N) is 1. The normalized spacial score (nSPS) is 12.6. The van der Waals surface area contributed by atoms with E-state index in [1.807, 2.05) is 44.3 Å².